The van der Waals surface area contributed by atoms with Gasteiger partial charge in [0.25, 0.3) is 5.69 Å². The number of alkyl carbamates (subject to hydrolysis) is 1. The van der Waals surface area contributed by atoms with Gasteiger partial charge in [-0.05, 0) is 88.9 Å². The number of carboxylic acid groups (broad SMARTS) is 2. The Morgan fingerprint density at radius 1 is 0.906 bits per heavy atom. The van der Waals surface area contributed by atoms with E-state index in [1.807, 2.05) is 6.92 Å². The van der Waals surface area contributed by atoms with Crippen LogP contribution in [0.1, 0.15) is 85.5 Å². The molecule has 0 saturated carbocycles. The van der Waals surface area contributed by atoms with Gasteiger partial charge in [0.15, 0.2) is 0 Å². The molecule has 22 nitrogen and oxygen atoms in total. The zero-order valence-electron chi connectivity index (χ0n) is 30.2. The maximum atomic E-state index is 11.7. The topological polar surface area (TPSA) is 341 Å². The molecule has 5 N–H and O–H groups in total. The third-order valence-corrected chi connectivity index (χ3v) is 5.92. The Morgan fingerprint density at radius 3 is 1.96 bits per heavy atom. The first kappa shape index (κ1) is 49.3. The molecule has 0 saturated heterocycles. The molecule has 1 amide bonds. The number of carbonyl (C=O) groups excluding carboxylic acids is 3. The van der Waals surface area contributed by atoms with Crippen molar-refractivity contribution in [2.24, 2.45) is 16.0 Å². The standard InChI is InChI=1S/C18H24N2O9.C10H18N4O4.C3H7N3/c1-18(2,3)29-16(23)19-14(15(21)22)6-4-5-11-27-17(24)28-13-9-7-12(8-10-13)20(25)26;11-8(10(16)17)4-1-2-7-18-9(15)5-3-6-13-14-12;1-2-3-5-6-4/h7-10,14H,4-6,11H2,1-3H3,(H,19,23)(H,21,22);8H,1-7,11H2,(H,16,17);2-3H2,1H3/t14-;8-;/m00./s1. The van der Waals surface area contributed by atoms with Crippen LogP contribution >= 0.6 is 0 Å². The first-order valence-corrected chi connectivity index (χ1v) is 16.4. The average molecular weight is 756 g/mol. The van der Waals surface area contributed by atoms with E-state index >= 15 is 0 Å². The molecule has 2 atom stereocenters. The SMILES string of the molecule is CC(C)(C)OC(=O)N[C@@H](CCCCOC(=O)Oc1ccc([N+](=O)[O-])cc1)C(=O)O.CCCN=[N+]=[N-].[N-]=[N+]=NCCCC(=O)OCCCC[C@H](N)C(=O)O. The molecule has 296 valence electrons. The van der Waals surface area contributed by atoms with Gasteiger partial charge in [-0.2, -0.15) is 0 Å². The number of ether oxygens (including phenoxy) is 4. The lowest BCUT2D eigenvalue weighted by Crippen LogP contribution is -2.43. The van der Waals surface area contributed by atoms with Crippen molar-refractivity contribution < 1.29 is 58.1 Å². The number of aliphatic carboxylic acids is 2. The molecule has 0 aliphatic rings. The highest BCUT2D eigenvalue weighted by Gasteiger charge is 2.23. The Kier molecular flexibility index (Phi) is 27.7. The summed E-state index contributed by atoms with van der Waals surface area (Å²) in [6.45, 7) is 8.09. The van der Waals surface area contributed by atoms with Crippen molar-refractivity contribution in [2.75, 3.05) is 26.3 Å². The van der Waals surface area contributed by atoms with E-state index in [0.29, 0.717) is 45.1 Å². The maximum Gasteiger partial charge on any atom is 0.513 e. The van der Waals surface area contributed by atoms with Crippen molar-refractivity contribution in [2.45, 2.75) is 103 Å². The molecule has 0 bridgehead atoms. The van der Waals surface area contributed by atoms with E-state index in [4.69, 9.17) is 46.0 Å². The minimum absolute atomic E-state index is 0.0232. The molecule has 0 aromatic heterocycles. The van der Waals surface area contributed by atoms with Crippen LogP contribution < -0.4 is 15.8 Å². The molecule has 22 heteroatoms. The van der Waals surface area contributed by atoms with E-state index in [-0.39, 0.29) is 50.0 Å². The van der Waals surface area contributed by atoms with Gasteiger partial charge in [0.1, 0.15) is 23.4 Å². The van der Waals surface area contributed by atoms with E-state index < -0.39 is 46.8 Å². The minimum Gasteiger partial charge on any atom is -0.480 e. The van der Waals surface area contributed by atoms with Crippen molar-refractivity contribution in [3.63, 3.8) is 0 Å². The Balaban J connectivity index is 0. The summed E-state index contributed by atoms with van der Waals surface area (Å²) in [7, 11) is 0. The minimum atomic E-state index is -1.20. The number of non-ortho nitro benzene ring substituents is 1. The smallest absolute Gasteiger partial charge is 0.480 e. The number of nitrogens with one attached hydrogen (secondary N) is 1. The number of unbranched alkanes of at least 4 members (excludes halogenated alkanes) is 2. The van der Waals surface area contributed by atoms with E-state index in [2.05, 4.69) is 25.4 Å². The number of azide groups is 2. The zero-order chi connectivity index (χ0) is 40.7. The van der Waals surface area contributed by atoms with E-state index in [9.17, 15) is 34.1 Å². The molecule has 0 radical (unpaired) electrons. The van der Waals surface area contributed by atoms with Crippen LogP contribution in [0.4, 0.5) is 15.3 Å². The van der Waals surface area contributed by atoms with Gasteiger partial charge >= 0.3 is 30.2 Å². The van der Waals surface area contributed by atoms with Crippen LogP contribution in [-0.4, -0.2) is 89.3 Å². The number of carbonyl (C=O) groups is 5. The van der Waals surface area contributed by atoms with E-state index in [1.54, 1.807) is 20.8 Å². The molecular weight excluding hydrogens is 706 g/mol. The lowest BCUT2D eigenvalue weighted by atomic mass is 10.1. The predicted octanol–water partition coefficient (Wildman–Crippen LogP) is 6.17. The van der Waals surface area contributed by atoms with Crippen LogP contribution in [0, 0.1) is 10.1 Å². The van der Waals surface area contributed by atoms with Crippen molar-refractivity contribution in [1.82, 2.24) is 5.32 Å². The molecule has 0 unspecified atom stereocenters. The monoisotopic (exact) mass is 755 g/mol. The number of hydrogen-bond acceptors (Lipinski definition) is 14. The number of hydrogen-bond donors (Lipinski definition) is 4. The Labute approximate surface area is 305 Å². The molecule has 1 aromatic carbocycles. The molecule has 53 heavy (non-hydrogen) atoms. The summed E-state index contributed by atoms with van der Waals surface area (Å²) < 4.78 is 19.6. The highest BCUT2D eigenvalue weighted by atomic mass is 16.7. The number of nitro groups is 1. The summed E-state index contributed by atoms with van der Waals surface area (Å²) in [6.07, 6.45) is 2.17. The van der Waals surface area contributed by atoms with Crippen LogP contribution in [0.15, 0.2) is 34.5 Å². The molecule has 0 heterocycles. The number of carboxylic acids is 2. The fourth-order valence-corrected chi connectivity index (χ4v) is 3.41. The second-order valence-electron chi connectivity index (χ2n) is 11.7. The second-order valence-corrected chi connectivity index (χ2v) is 11.7. The highest BCUT2D eigenvalue weighted by Crippen LogP contribution is 2.18. The quantitative estimate of drug-likeness (QED) is 0.0125. The maximum absolute atomic E-state index is 11.7. The van der Waals surface area contributed by atoms with Crippen LogP contribution in [0.3, 0.4) is 0 Å². The van der Waals surface area contributed by atoms with Gasteiger partial charge < -0.3 is 40.2 Å². The van der Waals surface area contributed by atoms with E-state index in [1.165, 1.54) is 24.3 Å². The first-order valence-electron chi connectivity index (χ1n) is 16.4. The summed E-state index contributed by atoms with van der Waals surface area (Å²) >= 11 is 0. The van der Waals surface area contributed by atoms with Gasteiger partial charge in [-0.1, -0.05) is 23.6 Å². The fraction of sp³-hybridized carbons (Fsp3) is 0.645. The van der Waals surface area contributed by atoms with Gasteiger partial charge in [0.2, 0.25) is 0 Å². The lowest BCUT2D eigenvalue weighted by molar-refractivity contribution is -0.384. The molecule has 1 rings (SSSR count). The summed E-state index contributed by atoms with van der Waals surface area (Å²) in [5.41, 5.74) is 20.1. The summed E-state index contributed by atoms with van der Waals surface area (Å²) in [4.78, 5) is 71.1. The third kappa shape index (κ3) is 30.7. The van der Waals surface area contributed by atoms with Crippen LogP contribution in [0.2, 0.25) is 0 Å². The Morgan fingerprint density at radius 2 is 1.47 bits per heavy atom. The van der Waals surface area contributed by atoms with Gasteiger partial charge in [-0.15, -0.1) is 0 Å². The third-order valence-electron chi connectivity index (χ3n) is 5.92. The molecule has 1 aromatic rings. The second kappa shape index (κ2) is 29.8. The molecule has 0 aliphatic carbocycles. The van der Waals surface area contributed by atoms with Crippen molar-refractivity contribution in [3.05, 3.63) is 55.3 Å². The Bertz CT molecular complexity index is 1380. The van der Waals surface area contributed by atoms with Crippen LogP contribution in [0.25, 0.3) is 20.9 Å². The molecule has 0 aliphatic heterocycles. The number of nitro benzene ring substituents is 1. The van der Waals surface area contributed by atoms with Gasteiger partial charge in [0.05, 0.1) is 18.1 Å². The number of benzene rings is 1. The van der Waals surface area contributed by atoms with E-state index in [0.717, 1.165) is 6.42 Å². The number of amides is 1. The number of nitrogens with two attached hydrogens (primary N) is 1. The highest BCUT2D eigenvalue weighted by molar-refractivity contribution is 5.80. The lowest BCUT2D eigenvalue weighted by Gasteiger charge is -2.22. The first-order chi connectivity index (χ1) is 25.0. The Hall–Kier alpha value is -5.85. The molecule has 0 spiro atoms. The molecule has 0 fully saturated rings. The number of rotatable bonds is 21. The van der Waals surface area contributed by atoms with Crippen LogP contribution in [-0.2, 0) is 28.6 Å². The average Bonchev–Trinajstić information content (AvgIpc) is 3.08. The predicted molar refractivity (Wildman–Crippen MR) is 188 cm³/mol. The normalized spacial score (nSPS) is 11.1. The van der Waals surface area contributed by atoms with Gasteiger partial charge in [0, 0.05) is 41.5 Å². The fourth-order valence-electron chi connectivity index (χ4n) is 3.41. The van der Waals surface area contributed by atoms with Gasteiger partial charge in [-0.3, -0.25) is 19.7 Å². The summed E-state index contributed by atoms with van der Waals surface area (Å²) in [5.74, 6) is -2.47. The zero-order valence-corrected chi connectivity index (χ0v) is 30.2. The van der Waals surface area contributed by atoms with Gasteiger partial charge in [-0.25, -0.2) is 14.4 Å². The number of esters is 1. The largest absolute Gasteiger partial charge is 0.513 e. The van der Waals surface area contributed by atoms with Crippen molar-refractivity contribution >= 4 is 35.8 Å². The summed E-state index contributed by atoms with van der Waals surface area (Å²) in [5, 5.41) is 37.1. The van der Waals surface area contributed by atoms with Crippen molar-refractivity contribution in [3.8, 4) is 5.75 Å². The molecular formula is C31H49N9O13. The van der Waals surface area contributed by atoms with Crippen LogP contribution in [0.5, 0.6) is 5.75 Å². The summed E-state index contributed by atoms with van der Waals surface area (Å²) in [6, 6.07) is 2.92. The van der Waals surface area contributed by atoms with Crippen molar-refractivity contribution in [1.29, 1.82) is 0 Å². The number of nitrogens with zero attached hydrogens (tertiary/aromatic N) is 7.